The van der Waals surface area contributed by atoms with Crippen molar-refractivity contribution in [3.05, 3.63) is 71.4 Å². The van der Waals surface area contributed by atoms with Gasteiger partial charge in [0.1, 0.15) is 5.82 Å². The molecule has 1 atom stereocenters. The molecule has 1 aliphatic rings. The average Bonchev–Trinajstić information content (AvgIpc) is 3.53. The fourth-order valence-electron chi connectivity index (χ4n) is 4.45. The second kappa shape index (κ2) is 8.72. The molecule has 1 N–H and O–H groups in total. The van der Waals surface area contributed by atoms with Gasteiger partial charge in [0.05, 0.1) is 29.4 Å². The number of aryl methyl sites for hydroxylation is 1. The van der Waals surface area contributed by atoms with Crippen molar-refractivity contribution in [3.8, 4) is 5.95 Å². The number of fused-ring (bicyclic) bond motifs is 1. The maximum absolute atomic E-state index is 13.1. The first-order valence-corrected chi connectivity index (χ1v) is 11.9. The van der Waals surface area contributed by atoms with Crippen LogP contribution in [0.3, 0.4) is 0 Å². The number of anilines is 1. The van der Waals surface area contributed by atoms with E-state index in [4.69, 9.17) is 9.72 Å². The van der Waals surface area contributed by atoms with E-state index in [-0.39, 0.29) is 17.4 Å². The first kappa shape index (κ1) is 22.3. The fourth-order valence-corrected chi connectivity index (χ4v) is 4.45. The molecule has 7 heteroatoms. The van der Waals surface area contributed by atoms with Gasteiger partial charge < -0.3 is 14.6 Å². The summed E-state index contributed by atoms with van der Waals surface area (Å²) in [5.41, 5.74) is 4.54. The highest BCUT2D eigenvalue weighted by molar-refractivity contribution is 6.04. The smallest absolute Gasteiger partial charge is 0.256 e. The Balaban J connectivity index is 1.49. The molecule has 2 aromatic heterocycles. The van der Waals surface area contributed by atoms with Crippen LogP contribution >= 0.6 is 0 Å². The molecule has 4 aromatic rings. The predicted molar refractivity (Wildman–Crippen MR) is 134 cm³/mol. The van der Waals surface area contributed by atoms with E-state index in [1.807, 2.05) is 55.5 Å². The van der Waals surface area contributed by atoms with Crippen LogP contribution < -0.4 is 5.32 Å². The molecule has 0 bridgehead atoms. The first-order valence-electron chi connectivity index (χ1n) is 11.9. The highest BCUT2D eigenvalue weighted by Crippen LogP contribution is 2.26. The Morgan fingerprint density at radius 2 is 1.91 bits per heavy atom. The van der Waals surface area contributed by atoms with Crippen molar-refractivity contribution in [2.75, 3.05) is 11.9 Å². The van der Waals surface area contributed by atoms with Crippen LogP contribution in [0.1, 0.15) is 55.2 Å². The van der Waals surface area contributed by atoms with Gasteiger partial charge in [-0.25, -0.2) is 4.98 Å². The van der Waals surface area contributed by atoms with Crippen molar-refractivity contribution >= 4 is 22.8 Å². The molecule has 0 aliphatic carbocycles. The van der Waals surface area contributed by atoms with Crippen molar-refractivity contribution in [3.63, 3.8) is 0 Å². The van der Waals surface area contributed by atoms with E-state index in [1.165, 1.54) is 5.56 Å². The predicted octanol–water partition coefficient (Wildman–Crippen LogP) is 5.26. The van der Waals surface area contributed by atoms with Gasteiger partial charge in [0.15, 0.2) is 0 Å². The van der Waals surface area contributed by atoms with E-state index in [0.717, 1.165) is 36.2 Å². The third-order valence-corrected chi connectivity index (χ3v) is 6.32. The number of hydrogen-bond donors (Lipinski definition) is 1. The molecule has 1 unspecified atom stereocenters. The van der Waals surface area contributed by atoms with Crippen molar-refractivity contribution in [1.82, 2.24) is 19.3 Å². The molecule has 2 aromatic carbocycles. The van der Waals surface area contributed by atoms with Crippen LogP contribution in [-0.2, 0) is 16.7 Å². The summed E-state index contributed by atoms with van der Waals surface area (Å²) in [6, 6.07) is 17.7. The molecule has 7 nitrogen and oxygen atoms in total. The number of nitrogens with one attached hydrogen (secondary N) is 1. The number of rotatable bonds is 5. The van der Waals surface area contributed by atoms with Crippen LogP contribution in [0, 0.1) is 6.92 Å². The lowest BCUT2D eigenvalue weighted by Crippen LogP contribution is -2.20. The van der Waals surface area contributed by atoms with Crippen molar-refractivity contribution in [1.29, 1.82) is 0 Å². The van der Waals surface area contributed by atoms with Crippen LogP contribution in [-0.4, -0.2) is 37.9 Å². The largest absolute Gasteiger partial charge is 0.376 e. The molecule has 1 fully saturated rings. The number of hydrogen-bond acceptors (Lipinski definition) is 4. The third-order valence-electron chi connectivity index (χ3n) is 6.32. The minimum atomic E-state index is -0.177. The number of aromatic nitrogens is 4. The molecule has 3 heterocycles. The van der Waals surface area contributed by atoms with Gasteiger partial charge in [0, 0.05) is 18.2 Å². The molecular formula is C27H31N5O2. The normalized spacial score (nSPS) is 16.3. The third kappa shape index (κ3) is 4.35. The summed E-state index contributed by atoms with van der Waals surface area (Å²) in [5, 5.41) is 7.73. The molecule has 0 radical (unpaired) electrons. The zero-order chi connectivity index (χ0) is 23.9. The van der Waals surface area contributed by atoms with Gasteiger partial charge in [0.25, 0.3) is 5.91 Å². The van der Waals surface area contributed by atoms with Crippen LogP contribution in [0.5, 0.6) is 0 Å². The van der Waals surface area contributed by atoms with Gasteiger partial charge in [-0.2, -0.15) is 9.78 Å². The average molecular weight is 458 g/mol. The number of benzene rings is 2. The highest BCUT2D eigenvalue weighted by Gasteiger charge is 2.23. The van der Waals surface area contributed by atoms with Crippen LogP contribution in [0.4, 0.5) is 5.82 Å². The van der Waals surface area contributed by atoms with Crippen LogP contribution in [0.25, 0.3) is 17.0 Å². The standard InChI is InChI=1S/C27H31N5O2/c1-18-16-24(29-25(33)19-11-13-20(14-12-19)27(2,3)4)32(30-18)26-28-22-9-5-6-10-23(22)31(26)17-21-8-7-15-34-21/h5-6,9-14,16,21H,7-8,15,17H2,1-4H3,(H,29,33). The van der Waals surface area contributed by atoms with Crippen molar-refractivity contribution < 1.29 is 9.53 Å². The molecule has 0 saturated carbocycles. The maximum Gasteiger partial charge on any atom is 0.256 e. The van der Waals surface area contributed by atoms with E-state index >= 15 is 0 Å². The second-order valence-corrected chi connectivity index (χ2v) is 10.0. The van der Waals surface area contributed by atoms with E-state index in [1.54, 1.807) is 4.68 Å². The summed E-state index contributed by atoms with van der Waals surface area (Å²) < 4.78 is 9.78. The summed E-state index contributed by atoms with van der Waals surface area (Å²) in [7, 11) is 0. The summed E-state index contributed by atoms with van der Waals surface area (Å²) in [4.78, 5) is 18.0. The molecule has 176 valence electrons. The first-order chi connectivity index (χ1) is 16.3. The molecule has 34 heavy (non-hydrogen) atoms. The number of para-hydroxylation sites is 2. The van der Waals surface area contributed by atoms with Crippen LogP contribution in [0.15, 0.2) is 54.6 Å². The van der Waals surface area contributed by atoms with Crippen molar-refractivity contribution in [2.45, 2.75) is 58.6 Å². The Morgan fingerprint density at radius 1 is 1.15 bits per heavy atom. The Bertz CT molecular complexity index is 1320. The maximum atomic E-state index is 13.1. The summed E-state index contributed by atoms with van der Waals surface area (Å²) >= 11 is 0. The lowest BCUT2D eigenvalue weighted by atomic mass is 9.87. The Morgan fingerprint density at radius 3 is 2.62 bits per heavy atom. The van der Waals surface area contributed by atoms with E-state index in [9.17, 15) is 4.79 Å². The number of carbonyl (C=O) groups is 1. The SMILES string of the molecule is Cc1cc(NC(=O)c2ccc(C(C)(C)C)cc2)n(-c2nc3ccccc3n2CC2CCCO2)n1. The Kier molecular flexibility index (Phi) is 5.73. The minimum absolute atomic E-state index is 0.0346. The monoisotopic (exact) mass is 457 g/mol. The lowest BCUT2D eigenvalue weighted by molar-refractivity contribution is 0.0976. The summed E-state index contributed by atoms with van der Waals surface area (Å²) in [6.07, 6.45) is 2.24. The van der Waals surface area contributed by atoms with Gasteiger partial charge in [-0.1, -0.05) is 45.0 Å². The summed E-state index contributed by atoms with van der Waals surface area (Å²) in [6.45, 7) is 9.88. The van der Waals surface area contributed by atoms with E-state index < -0.39 is 0 Å². The highest BCUT2D eigenvalue weighted by atomic mass is 16.5. The lowest BCUT2D eigenvalue weighted by Gasteiger charge is -2.19. The quantitative estimate of drug-likeness (QED) is 0.444. The van der Waals surface area contributed by atoms with Gasteiger partial charge in [-0.3, -0.25) is 4.79 Å². The molecule has 5 rings (SSSR count). The Hall–Kier alpha value is -3.45. The Labute approximate surface area is 199 Å². The number of ether oxygens (including phenoxy) is 1. The molecule has 0 spiro atoms. The van der Waals surface area contributed by atoms with E-state index in [0.29, 0.717) is 23.9 Å². The fraction of sp³-hybridized carbons (Fsp3) is 0.370. The molecule has 1 saturated heterocycles. The van der Waals surface area contributed by atoms with Crippen LogP contribution in [0.2, 0.25) is 0 Å². The number of carbonyl (C=O) groups excluding carboxylic acids is 1. The second-order valence-electron chi connectivity index (χ2n) is 10.0. The van der Waals surface area contributed by atoms with Gasteiger partial charge in [0.2, 0.25) is 5.95 Å². The zero-order valence-corrected chi connectivity index (χ0v) is 20.2. The van der Waals surface area contributed by atoms with Gasteiger partial charge >= 0.3 is 0 Å². The van der Waals surface area contributed by atoms with Gasteiger partial charge in [-0.15, -0.1) is 0 Å². The topological polar surface area (TPSA) is 74.0 Å². The zero-order valence-electron chi connectivity index (χ0n) is 20.2. The molecule has 1 aliphatic heterocycles. The van der Waals surface area contributed by atoms with Gasteiger partial charge in [-0.05, 0) is 55.0 Å². The minimum Gasteiger partial charge on any atom is -0.376 e. The number of amides is 1. The summed E-state index contributed by atoms with van der Waals surface area (Å²) in [5.74, 6) is 1.08. The molecule has 1 amide bonds. The van der Waals surface area contributed by atoms with E-state index in [2.05, 4.69) is 41.8 Å². The van der Waals surface area contributed by atoms with Crippen molar-refractivity contribution in [2.24, 2.45) is 0 Å². The molecular weight excluding hydrogens is 426 g/mol. The number of imidazole rings is 1. The number of nitrogens with zero attached hydrogens (tertiary/aromatic N) is 4.